The molecule has 10 heteroatoms. The Morgan fingerprint density at radius 2 is 1.87 bits per heavy atom. The molecule has 0 radical (unpaired) electrons. The van der Waals surface area contributed by atoms with Crippen molar-refractivity contribution < 1.29 is 22.5 Å². The minimum absolute atomic E-state index is 0.0979. The zero-order valence-corrected chi connectivity index (χ0v) is 17.0. The van der Waals surface area contributed by atoms with E-state index in [4.69, 9.17) is 4.52 Å². The summed E-state index contributed by atoms with van der Waals surface area (Å²) in [4.78, 5) is 19.2. The molecule has 0 atom stereocenters. The molecule has 0 saturated carbocycles. The predicted molar refractivity (Wildman–Crippen MR) is 108 cm³/mol. The summed E-state index contributed by atoms with van der Waals surface area (Å²) < 4.78 is 43.2. The fourth-order valence-corrected chi connectivity index (χ4v) is 3.27. The van der Waals surface area contributed by atoms with Gasteiger partial charge in [-0.25, -0.2) is 0 Å². The van der Waals surface area contributed by atoms with Crippen LogP contribution in [-0.2, 0) is 17.5 Å². The molecule has 0 fully saturated rings. The van der Waals surface area contributed by atoms with Crippen LogP contribution in [0.4, 0.5) is 18.9 Å². The second-order valence-corrected chi connectivity index (χ2v) is 7.36. The van der Waals surface area contributed by atoms with Gasteiger partial charge in [0.05, 0.1) is 24.3 Å². The van der Waals surface area contributed by atoms with Crippen LogP contribution in [0.3, 0.4) is 0 Å². The molecule has 0 aliphatic rings. The molecule has 0 bridgehead atoms. The van der Waals surface area contributed by atoms with Crippen LogP contribution in [0, 0.1) is 0 Å². The summed E-state index contributed by atoms with van der Waals surface area (Å²) in [5.41, 5.74) is 0.404. The van der Waals surface area contributed by atoms with Crippen LogP contribution in [0.5, 0.6) is 0 Å². The Bertz CT molecular complexity index is 1010. The number of nitrogens with zero attached hydrogens (tertiary/aromatic N) is 3. The Hall–Kier alpha value is -2.85. The number of para-hydroxylation sites is 1. The summed E-state index contributed by atoms with van der Waals surface area (Å²) in [6.45, 7) is 0.311. The number of anilines is 1. The lowest BCUT2D eigenvalue weighted by Gasteiger charge is -2.15. The number of hydrogen-bond donors (Lipinski definition) is 1. The Morgan fingerprint density at radius 1 is 1.17 bits per heavy atom. The third kappa shape index (κ3) is 5.61. The van der Waals surface area contributed by atoms with Crippen LogP contribution in [0.1, 0.15) is 11.5 Å². The maximum atomic E-state index is 12.7. The summed E-state index contributed by atoms with van der Waals surface area (Å²) in [5.74, 6) is 0.247. The lowest BCUT2D eigenvalue weighted by Crippen LogP contribution is -2.30. The molecule has 3 aromatic rings. The first kappa shape index (κ1) is 21.8. The van der Waals surface area contributed by atoms with Crippen LogP contribution < -0.4 is 5.32 Å². The maximum absolute atomic E-state index is 12.7. The fraction of sp³-hybridized carbons (Fsp3) is 0.250. The number of alkyl halides is 3. The van der Waals surface area contributed by atoms with Gasteiger partial charge in [0.25, 0.3) is 0 Å². The van der Waals surface area contributed by atoms with Crippen molar-refractivity contribution in [2.24, 2.45) is 0 Å². The van der Waals surface area contributed by atoms with E-state index in [0.29, 0.717) is 5.56 Å². The highest BCUT2D eigenvalue weighted by Crippen LogP contribution is 2.30. The number of nitrogens with one attached hydrogen (secondary N) is 1. The van der Waals surface area contributed by atoms with Crippen molar-refractivity contribution in [2.75, 3.05) is 25.2 Å². The number of likely N-dealkylation sites (N-methyl/N-ethyl adjacent to an activating group) is 1. The van der Waals surface area contributed by atoms with Gasteiger partial charge in [-0.3, -0.25) is 9.69 Å². The van der Waals surface area contributed by atoms with Crippen molar-refractivity contribution in [1.29, 1.82) is 0 Å². The average Bonchev–Trinajstić information content (AvgIpc) is 3.16. The standard InChI is InChI=1S/C20H19F3N4O2S/c1-27(11-17(28)24-15-5-3-4-6-16(15)30-2)12-18-25-19(26-29-18)13-7-9-14(10-8-13)20(21,22)23/h3-10H,11-12H2,1-2H3,(H,24,28). The van der Waals surface area contributed by atoms with Crippen molar-refractivity contribution >= 4 is 23.4 Å². The van der Waals surface area contributed by atoms with Gasteiger partial charge in [-0.15, -0.1) is 11.8 Å². The molecular formula is C20H19F3N4O2S. The van der Waals surface area contributed by atoms with Gasteiger partial charge in [0.2, 0.25) is 17.6 Å². The Morgan fingerprint density at radius 3 is 2.53 bits per heavy atom. The number of hydrogen-bond acceptors (Lipinski definition) is 6. The summed E-state index contributed by atoms with van der Waals surface area (Å²) in [5, 5.41) is 6.67. The molecule has 1 aromatic heterocycles. The first-order valence-electron chi connectivity index (χ1n) is 8.88. The van der Waals surface area contributed by atoms with Crippen LogP contribution in [0.2, 0.25) is 0 Å². The molecule has 1 amide bonds. The molecule has 2 aromatic carbocycles. The Labute approximate surface area is 175 Å². The highest BCUT2D eigenvalue weighted by Gasteiger charge is 2.30. The van der Waals surface area contributed by atoms with Gasteiger partial charge < -0.3 is 9.84 Å². The predicted octanol–water partition coefficient (Wildman–Crippen LogP) is 4.55. The fourth-order valence-electron chi connectivity index (χ4n) is 2.71. The number of thioether (sulfide) groups is 1. The van der Waals surface area contributed by atoms with Crippen molar-refractivity contribution in [1.82, 2.24) is 15.0 Å². The molecule has 0 unspecified atom stereocenters. The van der Waals surface area contributed by atoms with Crippen LogP contribution in [0.25, 0.3) is 11.4 Å². The van der Waals surface area contributed by atoms with E-state index >= 15 is 0 Å². The Kier molecular flexibility index (Phi) is 6.78. The molecule has 158 valence electrons. The lowest BCUT2D eigenvalue weighted by atomic mass is 10.1. The minimum atomic E-state index is -4.40. The number of carbonyl (C=O) groups excluding carboxylic acids is 1. The van der Waals surface area contributed by atoms with E-state index in [0.717, 1.165) is 22.7 Å². The molecule has 0 aliphatic heterocycles. The van der Waals surface area contributed by atoms with Crippen molar-refractivity contribution in [3.05, 3.63) is 60.0 Å². The van der Waals surface area contributed by atoms with Gasteiger partial charge in [-0.2, -0.15) is 18.2 Å². The monoisotopic (exact) mass is 436 g/mol. The van der Waals surface area contributed by atoms with E-state index in [-0.39, 0.29) is 30.7 Å². The molecule has 0 spiro atoms. The number of benzene rings is 2. The van der Waals surface area contributed by atoms with E-state index in [1.54, 1.807) is 11.9 Å². The van der Waals surface area contributed by atoms with Crippen molar-refractivity contribution in [2.45, 2.75) is 17.6 Å². The largest absolute Gasteiger partial charge is 0.416 e. The van der Waals surface area contributed by atoms with Gasteiger partial charge in [-0.05, 0) is 37.6 Å². The van der Waals surface area contributed by atoms with Gasteiger partial charge in [-0.1, -0.05) is 29.4 Å². The molecule has 0 aliphatic carbocycles. The minimum Gasteiger partial charge on any atom is -0.338 e. The van der Waals surface area contributed by atoms with Gasteiger partial charge in [0.1, 0.15) is 0 Å². The second kappa shape index (κ2) is 9.31. The van der Waals surface area contributed by atoms with Gasteiger partial charge in [0.15, 0.2) is 0 Å². The third-order valence-corrected chi connectivity index (χ3v) is 4.93. The zero-order valence-electron chi connectivity index (χ0n) is 16.2. The first-order valence-corrected chi connectivity index (χ1v) is 10.1. The summed E-state index contributed by atoms with van der Waals surface area (Å²) in [6.07, 6.45) is -2.47. The number of amides is 1. The van der Waals surface area contributed by atoms with Crippen molar-refractivity contribution in [3.8, 4) is 11.4 Å². The zero-order chi connectivity index (χ0) is 21.7. The number of rotatable bonds is 7. The van der Waals surface area contributed by atoms with Crippen LogP contribution >= 0.6 is 11.8 Å². The summed E-state index contributed by atoms with van der Waals surface area (Å²) >= 11 is 1.54. The molecule has 30 heavy (non-hydrogen) atoms. The molecule has 3 rings (SSSR count). The maximum Gasteiger partial charge on any atom is 0.416 e. The molecule has 1 N–H and O–H groups in total. The van der Waals surface area contributed by atoms with E-state index in [9.17, 15) is 18.0 Å². The SMILES string of the molecule is CSc1ccccc1NC(=O)CN(C)Cc1nc(-c2ccc(C(F)(F)F)cc2)no1. The smallest absolute Gasteiger partial charge is 0.338 e. The normalized spacial score (nSPS) is 11.7. The van der Waals surface area contributed by atoms with E-state index in [1.807, 2.05) is 30.5 Å². The highest BCUT2D eigenvalue weighted by atomic mass is 32.2. The molecule has 1 heterocycles. The number of halogens is 3. The third-order valence-electron chi connectivity index (χ3n) is 4.14. The first-order chi connectivity index (χ1) is 14.3. The quantitative estimate of drug-likeness (QED) is 0.548. The van der Waals surface area contributed by atoms with E-state index in [2.05, 4.69) is 15.5 Å². The highest BCUT2D eigenvalue weighted by molar-refractivity contribution is 7.98. The number of aromatic nitrogens is 2. The average molecular weight is 436 g/mol. The summed E-state index contributed by atoms with van der Waals surface area (Å²) in [7, 11) is 1.72. The van der Waals surface area contributed by atoms with Crippen LogP contribution in [0.15, 0.2) is 57.9 Å². The molecular weight excluding hydrogens is 417 g/mol. The van der Waals surface area contributed by atoms with Gasteiger partial charge >= 0.3 is 6.18 Å². The Balaban J connectivity index is 1.58. The topological polar surface area (TPSA) is 71.3 Å². The molecule has 0 saturated heterocycles. The van der Waals surface area contributed by atoms with Gasteiger partial charge in [0, 0.05) is 10.5 Å². The second-order valence-electron chi connectivity index (χ2n) is 6.51. The van der Waals surface area contributed by atoms with E-state index < -0.39 is 11.7 Å². The van der Waals surface area contributed by atoms with Crippen molar-refractivity contribution in [3.63, 3.8) is 0 Å². The van der Waals surface area contributed by atoms with E-state index in [1.165, 1.54) is 23.9 Å². The molecule has 6 nitrogen and oxygen atoms in total. The lowest BCUT2D eigenvalue weighted by molar-refractivity contribution is -0.137. The summed E-state index contributed by atoms with van der Waals surface area (Å²) in [6, 6.07) is 12.0. The number of carbonyl (C=O) groups is 1. The van der Waals surface area contributed by atoms with Crippen LogP contribution in [-0.4, -0.2) is 40.8 Å².